The van der Waals surface area contributed by atoms with Crippen molar-refractivity contribution in [2.75, 3.05) is 30.0 Å². The van der Waals surface area contributed by atoms with Crippen molar-refractivity contribution in [1.29, 1.82) is 0 Å². The van der Waals surface area contributed by atoms with Crippen molar-refractivity contribution in [3.8, 4) is 0 Å². The number of halogens is 2. The standard InChI is InChI=1S/C24H32F2N6O/c1-13(2)32-22-15(9-18(23(32)33)14-10-19(25)21(27)20(26)11-14)12-28-24(30-22)29-16-5-7-17(8-6-16)31(3)4/h9-13,16-17,23,33H,5-8,27H2,1-4H3,(H,28,29,30). The predicted molar refractivity (Wildman–Crippen MR) is 128 cm³/mol. The van der Waals surface area contributed by atoms with Crippen LogP contribution in [0.3, 0.4) is 0 Å². The van der Waals surface area contributed by atoms with Gasteiger partial charge in [0.15, 0.2) is 6.23 Å². The van der Waals surface area contributed by atoms with Crippen LogP contribution in [0.2, 0.25) is 0 Å². The number of nitrogens with one attached hydrogen (secondary N) is 1. The van der Waals surface area contributed by atoms with E-state index in [1.807, 2.05) is 13.8 Å². The van der Waals surface area contributed by atoms with Gasteiger partial charge in [0, 0.05) is 35.5 Å². The molecule has 1 aliphatic heterocycles. The van der Waals surface area contributed by atoms with Crippen LogP contribution in [0, 0.1) is 11.6 Å². The maximum absolute atomic E-state index is 14.1. The molecule has 33 heavy (non-hydrogen) atoms. The number of aromatic nitrogens is 2. The zero-order chi connectivity index (χ0) is 23.9. The molecule has 178 valence electrons. The normalized spacial score (nSPS) is 23.0. The third-order valence-corrected chi connectivity index (χ3v) is 6.62. The van der Waals surface area contributed by atoms with E-state index in [1.165, 1.54) is 0 Å². The maximum Gasteiger partial charge on any atom is 0.224 e. The summed E-state index contributed by atoms with van der Waals surface area (Å²) in [7, 11) is 4.23. The minimum atomic E-state index is -1.13. The van der Waals surface area contributed by atoms with Crippen LogP contribution in [0.5, 0.6) is 0 Å². The number of nitrogens with two attached hydrogens (primary N) is 1. The van der Waals surface area contributed by atoms with Crippen LogP contribution in [0.4, 0.5) is 26.2 Å². The number of aliphatic hydroxyl groups excluding tert-OH is 1. The fraction of sp³-hybridized carbons (Fsp3) is 0.500. The van der Waals surface area contributed by atoms with E-state index in [2.05, 4.69) is 29.3 Å². The molecular formula is C24H32F2N6O. The summed E-state index contributed by atoms with van der Waals surface area (Å²) < 4.78 is 28.2. The third-order valence-electron chi connectivity index (χ3n) is 6.62. The van der Waals surface area contributed by atoms with Gasteiger partial charge in [-0.25, -0.2) is 13.8 Å². The first kappa shape index (κ1) is 23.4. The molecule has 1 aliphatic carbocycles. The zero-order valence-corrected chi connectivity index (χ0v) is 19.5. The first-order valence-electron chi connectivity index (χ1n) is 11.4. The molecule has 0 bridgehead atoms. The van der Waals surface area contributed by atoms with Crippen LogP contribution in [0.1, 0.15) is 50.7 Å². The number of anilines is 3. The maximum atomic E-state index is 14.1. The summed E-state index contributed by atoms with van der Waals surface area (Å²) in [6.45, 7) is 3.86. The average Bonchev–Trinajstić information content (AvgIpc) is 2.76. The monoisotopic (exact) mass is 458 g/mol. The van der Waals surface area contributed by atoms with Gasteiger partial charge in [0.2, 0.25) is 5.95 Å². The van der Waals surface area contributed by atoms with E-state index >= 15 is 0 Å². The Labute approximate surface area is 193 Å². The molecule has 0 saturated heterocycles. The lowest BCUT2D eigenvalue weighted by molar-refractivity contribution is 0.215. The van der Waals surface area contributed by atoms with Crippen molar-refractivity contribution in [2.45, 2.75) is 63.9 Å². The molecule has 0 spiro atoms. The summed E-state index contributed by atoms with van der Waals surface area (Å²) in [6.07, 6.45) is 6.55. The SMILES string of the molecule is CC(C)N1c2nc(NC3CCC(N(C)C)CC3)ncc2C=C(c2cc(F)c(N)c(F)c2)C1O. The highest BCUT2D eigenvalue weighted by atomic mass is 19.1. The predicted octanol–water partition coefficient (Wildman–Crippen LogP) is 3.71. The topological polar surface area (TPSA) is 90.5 Å². The Kier molecular flexibility index (Phi) is 6.54. The van der Waals surface area contributed by atoms with E-state index in [4.69, 9.17) is 10.7 Å². The summed E-state index contributed by atoms with van der Waals surface area (Å²) in [6, 6.07) is 3.05. The number of nitrogen functional groups attached to an aromatic ring is 1. The Balaban J connectivity index is 1.63. The Morgan fingerprint density at radius 3 is 2.36 bits per heavy atom. The molecule has 1 fully saturated rings. The van der Waals surface area contributed by atoms with Crippen molar-refractivity contribution in [3.63, 3.8) is 0 Å². The summed E-state index contributed by atoms with van der Waals surface area (Å²) >= 11 is 0. The van der Waals surface area contributed by atoms with Crippen molar-refractivity contribution in [1.82, 2.24) is 14.9 Å². The van der Waals surface area contributed by atoms with Crippen molar-refractivity contribution < 1.29 is 13.9 Å². The van der Waals surface area contributed by atoms with Crippen LogP contribution in [0.15, 0.2) is 18.3 Å². The van der Waals surface area contributed by atoms with E-state index < -0.39 is 23.5 Å². The second-order valence-electron chi connectivity index (χ2n) is 9.41. The lowest BCUT2D eigenvalue weighted by atomic mass is 9.90. The van der Waals surface area contributed by atoms with Crippen LogP contribution < -0.4 is 16.0 Å². The highest BCUT2D eigenvalue weighted by molar-refractivity contribution is 5.91. The molecule has 1 aromatic carbocycles. The van der Waals surface area contributed by atoms with Crippen LogP contribution in [-0.4, -0.2) is 58.4 Å². The molecule has 9 heteroatoms. The molecule has 0 radical (unpaired) electrons. The first-order chi connectivity index (χ1) is 15.7. The Hall–Kier alpha value is -2.78. The van der Waals surface area contributed by atoms with Gasteiger partial charge in [-0.15, -0.1) is 0 Å². The highest BCUT2D eigenvalue weighted by Gasteiger charge is 2.32. The van der Waals surface area contributed by atoms with Gasteiger partial charge < -0.3 is 26.0 Å². The summed E-state index contributed by atoms with van der Waals surface area (Å²) in [5.41, 5.74) is 6.13. The van der Waals surface area contributed by atoms with E-state index in [-0.39, 0.29) is 11.6 Å². The van der Waals surface area contributed by atoms with Gasteiger partial charge in [0.25, 0.3) is 0 Å². The summed E-state index contributed by atoms with van der Waals surface area (Å²) in [5.74, 6) is -0.627. The first-order valence-corrected chi connectivity index (χ1v) is 11.4. The molecule has 1 unspecified atom stereocenters. The van der Waals surface area contributed by atoms with E-state index in [1.54, 1.807) is 17.2 Å². The number of nitrogens with zero attached hydrogens (tertiary/aromatic N) is 4. The number of benzene rings is 1. The molecule has 7 nitrogen and oxygen atoms in total. The smallest absolute Gasteiger partial charge is 0.224 e. The van der Waals surface area contributed by atoms with Crippen LogP contribution in [0.25, 0.3) is 11.6 Å². The molecular weight excluding hydrogens is 426 g/mol. The zero-order valence-electron chi connectivity index (χ0n) is 19.5. The molecule has 2 heterocycles. The molecule has 1 saturated carbocycles. The molecule has 4 N–H and O–H groups in total. The van der Waals surface area contributed by atoms with Crippen molar-refractivity contribution in [2.24, 2.45) is 0 Å². The van der Waals surface area contributed by atoms with Crippen LogP contribution >= 0.6 is 0 Å². The third kappa shape index (κ3) is 4.65. The minimum absolute atomic E-state index is 0.121. The Morgan fingerprint density at radius 2 is 1.79 bits per heavy atom. The molecule has 0 amide bonds. The Morgan fingerprint density at radius 1 is 1.15 bits per heavy atom. The summed E-state index contributed by atoms with van der Waals surface area (Å²) in [5, 5.41) is 14.6. The molecule has 1 aromatic heterocycles. The van der Waals surface area contributed by atoms with Gasteiger partial charge in [-0.3, -0.25) is 0 Å². The second kappa shape index (κ2) is 9.23. The molecule has 4 rings (SSSR count). The number of hydrogen-bond donors (Lipinski definition) is 3. The fourth-order valence-electron chi connectivity index (χ4n) is 4.70. The number of fused-ring (bicyclic) bond motifs is 1. The van der Waals surface area contributed by atoms with Crippen molar-refractivity contribution in [3.05, 3.63) is 41.1 Å². The summed E-state index contributed by atoms with van der Waals surface area (Å²) in [4.78, 5) is 13.2. The van der Waals surface area contributed by atoms with Gasteiger partial charge in [0.1, 0.15) is 23.1 Å². The van der Waals surface area contributed by atoms with Gasteiger partial charge >= 0.3 is 0 Å². The van der Waals surface area contributed by atoms with E-state index in [0.29, 0.717) is 35.0 Å². The molecule has 1 atom stereocenters. The largest absolute Gasteiger partial charge is 0.394 e. The lowest BCUT2D eigenvalue weighted by Crippen LogP contribution is -2.44. The van der Waals surface area contributed by atoms with Crippen molar-refractivity contribution >= 4 is 29.1 Å². The average molecular weight is 459 g/mol. The number of aliphatic hydroxyl groups is 1. The quantitative estimate of drug-likeness (QED) is 0.589. The van der Waals surface area contributed by atoms with E-state index in [0.717, 1.165) is 37.8 Å². The van der Waals surface area contributed by atoms with Gasteiger partial charge in [0.05, 0.1) is 0 Å². The highest BCUT2D eigenvalue weighted by Crippen LogP contribution is 2.37. The number of hydrogen-bond acceptors (Lipinski definition) is 7. The molecule has 2 aliphatic rings. The molecule has 2 aromatic rings. The minimum Gasteiger partial charge on any atom is -0.394 e. The Bertz CT molecular complexity index is 1030. The van der Waals surface area contributed by atoms with Crippen LogP contribution in [-0.2, 0) is 0 Å². The second-order valence-corrected chi connectivity index (χ2v) is 9.41. The van der Waals surface area contributed by atoms with Gasteiger partial charge in [-0.1, -0.05) is 0 Å². The van der Waals surface area contributed by atoms with Gasteiger partial charge in [-0.2, -0.15) is 4.98 Å². The van der Waals surface area contributed by atoms with E-state index in [9.17, 15) is 13.9 Å². The number of rotatable bonds is 5. The lowest BCUT2D eigenvalue weighted by Gasteiger charge is -2.38. The van der Waals surface area contributed by atoms with Gasteiger partial charge in [-0.05, 0) is 77.4 Å². The fourth-order valence-corrected chi connectivity index (χ4v) is 4.70.